The Morgan fingerprint density at radius 1 is 1.15 bits per heavy atom. The molecular formula is C17H25NO2. The van der Waals surface area contributed by atoms with E-state index in [-0.39, 0.29) is 0 Å². The zero-order valence-corrected chi connectivity index (χ0v) is 12.7. The standard InChI is InChI=1S/C17H25NO2/c1-4-19-13-6-14-20-12-5-7-16-8-10-17(11-9-16)15(2)18-3/h8-11,15,18H,4,6,12-14H2,1-3H3. The predicted octanol–water partition coefficient (Wildman–Crippen LogP) is 2.76. The van der Waals surface area contributed by atoms with Crippen LogP contribution in [-0.2, 0) is 9.47 Å². The van der Waals surface area contributed by atoms with Gasteiger partial charge in [0.2, 0.25) is 0 Å². The maximum Gasteiger partial charge on any atom is 0.108 e. The van der Waals surface area contributed by atoms with Gasteiger partial charge < -0.3 is 14.8 Å². The maximum atomic E-state index is 5.42. The van der Waals surface area contributed by atoms with Crippen molar-refractivity contribution < 1.29 is 9.47 Å². The van der Waals surface area contributed by atoms with Crippen molar-refractivity contribution >= 4 is 0 Å². The largest absolute Gasteiger partial charge is 0.382 e. The van der Waals surface area contributed by atoms with Gasteiger partial charge in [0, 0.05) is 24.8 Å². The number of benzene rings is 1. The smallest absolute Gasteiger partial charge is 0.108 e. The summed E-state index contributed by atoms with van der Waals surface area (Å²) < 4.78 is 10.6. The molecule has 1 rings (SSSR count). The molecule has 3 heteroatoms. The van der Waals surface area contributed by atoms with Gasteiger partial charge >= 0.3 is 0 Å². The lowest BCUT2D eigenvalue weighted by Crippen LogP contribution is -2.11. The van der Waals surface area contributed by atoms with Crippen LogP contribution in [-0.4, -0.2) is 33.5 Å². The highest BCUT2D eigenvalue weighted by molar-refractivity contribution is 5.36. The summed E-state index contributed by atoms with van der Waals surface area (Å²) in [5.74, 6) is 6.13. The molecule has 20 heavy (non-hydrogen) atoms. The van der Waals surface area contributed by atoms with Gasteiger partial charge in [-0.25, -0.2) is 0 Å². The highest BCUT2D eigenvalue weighted by Crippen LogP contribution is 2.11. The Balaban J connectivity index is 2.26. The van der Waals surface area contributed by atoms with E-state index < -0.39 is 0 Å². The van der Waals surface area contributed by atoms with Crippen LogP contribution in [0.15, 0.2) is 24.3 Å². The third-order valence-electron chi connectivity index (χ3n) is 3.03. The highest BCUT2D eigenvalue weighted by Gasteiger charge is 2.00. The number of hydrogen-bond donors (Lipinski definition) is 1. The number of hydrogen-bond acceptors (Lipinski definition) is 3. The molecule has 0 bridgehead atoms. The third kappa shape index (κ3) is 6.72. The maximum absolute atomic E-state index is 5.42. The summed E-state index contributed by atoms with van der Waals surface area (Å²) in [6.45, 7) is 6.83. The van der Waals surface area contributed by atoms with Crippen molar-refractivity contribution in [1.29, 1.82) is 0 Å². The van der Waals surface area contributed by atoms with E-state index in [0.717, 1.165) is 25.2 Å². The summed E-state index contributed by atoms with van der Waals surface area (Å²) in [6.07, 6.45) is 0.923. The molecule has 0 saturated heterocycles. The second kappa shape index (κ2) is 10.4. The van der Waals surface area contributed by atoms with Crippen molar-refractivity contribution in [1.82, 2.24) is 5.32 Å². The molecular weight excluding hydrogens is 250 g/mol. The van der Waals surface area contributed by atoms with Crippen molar-refractivity contribution in [3.05, 3.63) is 35.4 Å². The lowest BCUT2D eigenvalue weighted by Gasteiger charge is -2.09. The van der Waals surface area contributed by atoms with E-state index in [1.165, 1.54) is 5.56 Å². The van der Waals surface area contributed by atoms with Gasteiger partial charge in [-0.05, 0) is 45.0 Å². The normalized spacial score (nSPS) is 11.8. The van der Waals surface area contributed by atoms with Crippen molar-refractivity contribution in [3.8, 4) is 11.8 Å². The molecule has 0 aliphatic rings. The average molecular weight is 275 g/mol. The van der Waals surface area contributed by atoms with Gasteiger partial charge in [-0.3, -0.25) is 0 Å². The molecule has 110 valence electrons. The Morgan fingerprint density at radius 3 is 2.50 bits per heavy atom. The molecule has 0 aromatic heterocycles. The average Bonchev–Trinajstić information content (AvgIpc) is 2.50. The third-order valence-corrected chi connectivity index (χ3v) is 3.03. The summed E-state index contributed by atoms with van der Waals surface area (Å²) >= 11 is 0. The molecule has 0 spiro atoms. The molecule has 0 radical (unpaired) electrons. The first kappa shape index (κ1) is 16.7. The second-order valence-electron chi connectivity index (χ2n) is 4.54. The SMILES string of the molecule is CCOCCCOCC#Cc1ccc(C(C)NC)cc1. The van der Waals surface area contributed by atoms with Crippen LogP contribution in [0.25, 0.3) is 0 Å². The lowest BCUT2D eigenvalue weighted by molar-refractivity contribution is 0.102. The van der Waals surface area contributed by atoms with Gasteiger partial charge in [-0.1, -0.05) is 24.0 Å². The monoisotopic (exact) mass is 275 g/mol. The first-order valence-corrected chi connectivity index (χ1v) is 7.19. The van der Waals surface area contributed by atoms with Crippen LogP contribution in [0.3, 0.4) is 0 Å². The molecule has 0 aliphatic carbocycles. The summed E-state index contributed by atoms with van der Waals surface area (Å²) in [4.78, 5) is 0. The minimum absolute atomic E-state index is 0.366. The molecule has 0 heterocycles. The number of ether oxygens (including phenoxy) is 2. The van der Waals surface area contributed by atoms with Gasteiger partial charge in [0.1, 0.15) is 6.61 Å². The van der Waals surface area contributed by atoms with E-state index in [9.17, 15) is 0 Å². The fourth-order valence-corrected chi connectivity index (χ4v) is 1.69. The van der Waals surface area contributed by atoms with Crippen LogP contribution in [0, 0.1) is 11.8 Å². The summed E-state index contributed by atoms with van der Waals surface area (Å²) in [6, 6.07) is 8.67. The van der Waals surface area contributed by atoms with E-state index >= 15 is 0 Å². The molecule has 1 unspecified atom stereocenters. The highest BCUT2D eigenvalue weighted by atomic mass is 16.5. The van der Waals surface area contributed by atoms with E-state index in [0.29, 0.717) is 19.3 Å². The zero-order valence-electron chi connectivity index (χ0n) is 12.7. The van der Waals surface area contributed by atoms with Crippen LogP contribution in [0.2, 0.25) is 0 Å². The minimum atomic E-state index is 0.366. The van der Waals surface area contributed by atoms with E-state index in [1.807, 2.05) is 26.1 Å². The topological polar surface area (TPSA) is 30.5 Å². The lowest BCUT2D eigenvalue weighted by atomic mass is 10.1. The molecule has 1 aromatic rings. The number of rotatable bonds is 8. The van der Waals surface area contributed by atoms with Crippen molar-refractivity contribution in [2.24, 2.45) is 0 Å². The van der Waals surface area contributed by atoms with E-state index in [4.69, 9.17) is 9.47 Å². The molecule has 0 fully saturated rings. The quantitative estimate of drug-likeness (QED) is 0.584. The van der Waals surface area contributed by atoms with Gasteiger partial charge in [0.15, 0.2) is 0 Å². The Labute approximate surface area is 122 Å². The van der Waals surface area contributed by atoms with Gasteiger partial charge in [-0.15, -0.1) is 0 Å². The summed E-state index contributed by atoms with van der Waals surface area (Å²) in [5.41, 5.74) is 2.29. The van der Waals surface area contributed by atoms with Crippen LogP contribution in [0.1, 0.15) is 37.4 Å². The molecule has 3 nitrogen and oxygen atoms in total. The zero-order chi connectivity index (χ0) is 14.6. The van der Waals surface area contributed by atoms with Crippen LogP contribution in [0.5, 0.6) is 0 Å². The number of nitrogens with one attached hydrogen (secondary N) is 1. The Bertz CT molecular complexity index is 417. The fourth-order valence-electron chi connectivity index (χ4n) is 1.69. The van der Waals surface area contributed by atoms with Crippen LogP contribution < -0.4 is 5.32 Å². The van der Waals surface area contributed by atoms with Gasteiger partial charge in [0.25, 0.3) is 0 Å². The molecule has 1 aromatic carbocycles. The van der Waals surface area contributed by atoms with Gasteiger partial charge in [0.05, 0.1) is 6.61 Å². The van der Waals surface area contributed by atoms with E-state index in [2.05, 4.69) is 36.2 Å². The second-order valence-corrected chi connectivity index (χ2v) is 4.54. The molecule has 0 amide bonds. The fraction of sp³-hybridized carbons (Fsp3) is 0.529. The first-order valence-electron chi connectivity index (χ1n) is 7.19. The minimum Gasteiger partial charge on any atom is -0.382 e. The molecule has 0 aliphatic heterocycles. The Morgan fingerprint density at radius 2 is 1.85 bits per heavy atom. The predicted molar refractivity (Wildman–Crippen MR) is 82.7 cm³/mol. The van der Waals surface area contributed by atoms with Crippen molar-refractivity contribution in [2.45, 2.75) is 26.3 Å². The van der Waals surface area contributed by atoms with Crippen LogP contribution >= 0.6 is 0 Å². The van der Waals surface area contributed by atoms with E-state index in [1.54, 1.807) is 0 Å². The molecule has 0 saturated carbocycles. The Kier molecular flexibility index (Phi) is 8.73. The Hall–Kier alpha value is -1.34. The molecule has 1 N–H and O–H groups in total. The summed E-state index contributed by atoms with van der Waals surface area (Å²) in [7, 11) is 1.96. The van der Waals surface area contributed by atoms with Crippen molar-refractivity contribution in [3.63, 3.8) is 0 Å². The first-order chi connectivity index (χ1) is 9.77. The molecule has 1 atom stereocenters. The van der Waals surface area contributed by atoms with Crippen LogP contribution in [0.4, 0.5) is 0 Å². The van der Waals surface area contributed by atoms with Gasteiger partial charge in [-0.2, -0.15) is 0 Å². The summed E-state index contributed by atoms with van der Waals surface area (Å²) in [5, 5.41) is 3.22. The van der Waals surface area contributed by atoms with Crippen molar-refractivity contribution in [2.75, 3.05) is 33.5 Å².